The highest BCUT2D eigenvalue weighted by Crippen LogP contribution is 2.29. The zero-order valence-electron chi connectivity index (χ0n) is 11.0. The van der Waals surface area contributed by atoms with Crippen LogP contribution in [0.25, 0.3) is 10.9 Å². The molecule has 2 heterocycles. The van der Waals surface area contributed by atoms with Crippen LogP contribution in [0.15, 0.2) is 42.6 Å². The molecule has 0 saturated heterocycles. The van der Waals surface area contributed by atoms with Crippen LogP contribution >= 0.6 is 11.6 Å². The van der Waals surface area contributed by atoms with Gasteiger partial charge in [-0.25, -0.2) is 0 Å². The van der Waals surface area contributed by atoms with Gasteiger partial charge < -0.3 is 15.0 Å². The van der Waals surface area contributed by atoms with Gasteiger partial charge in [0.15, 0.2) is 0 Å². The second-order valence-electron chi connectivity index (χ2n) is 4.31. The number of anilines is 2. The lowest BCUT2D eigenvalue weighted by molar-refractivity contribution is 0.327. The number of rotatable bonds is 4. The first-order valence-electron chi connectivity index (χ1n) is 6.40. The summed E-state index contributed by atoms with van der Waals surface area (Å²) in [6.07, 6.45) is 1.89. The molecule has 0 aliphatic rings. The normalized spacial score (nSPS) is 10.7. The van der Waals surface area contributed by atoms with E-state index in [0.717, 1.165) is 22.4 Å². The summed E-state index contributed by atoms with van der Waals surface area (Å²) in [5.41, 5.74) is 1.90. The summed E-state index contributed by atoms with van der Waals surface area (Å²) in [7, 11) is 0. The molecule has 20 heavy (non-hydrogen) atoms. The van der Waals surface area contributed by atoms with Crippen LogP contribution in [0.3, 0.4) is 0 Å². The van der Waals surface area contributed by atoms with E-state index in [4.69, 9.17) is 16.3 Å². The molecule has 0 fully saturated rings. The topological polar surface area (TPSA) is 49.9 Å². The second kappa shape index (κ2) is 5.43. The smallest absolute Gasteiger partial charge is 0.215 e. The van der Waals surface area contributed by atoms with Crippen molar-refractivity contribution in [2.75, 3.05) is 11.9 Å². The zero-order chi connectivity index (χ0) is 13.9. The number of nitrogens with one attached hydrogen (secondary N) is 2. The quantitative estimate of drug-likeness (QED) is 0.749. The Balaban J connectivity index is 1.96. The molecule has 1 aromatic carbocycles. The fourth-order valence-electron chi connectivity index (χ4n) is 2.09. The van der Waals surface area contributed by atoms with Gasteiger partial charge in [-0.1, -0.05) is 17.7 Å². The van der Waals surface area contributed by atoms with E-state index in [-0.39, 0.29) is 0 Å². The van der Waals surface area contributed by atoms with Crippen molar-refractivity contribution >= 4 is 34.0 Å². The third kappa shape index (κ3) is 2.56. The average Bonchev–Trinajstić information content (AvgIpc) is 2.87. The van der Waals surface area contributed by atoms with E-state index in [2.05, 4.69) is 15.3 Å². The van der Waals surface area contributed by atoms with Gasteiger partial charge in [0.1, 0.15) is 5.82 Å². The van der Waals surface area contributed by atoms with Crippen LogP contribution in [-0.4, -0.2) is 16.6 Å². The van der Waals surface area contributed by atoms with E-state index >= 15 is 0 Å². The Morgan fingerprint density at radius 2 is 2.20 bits per heavy atom. The van der Waals surface area contributed by atoms with E-state index in [0.29, 0.717) is 17.5 Å². The number of aromatic nitrogens is 2. The Labute approximate surface area is 121 Å². The molecule has 2 N–H and O–H groups in total. The summed E-state index contributed by atoms with van der Waals surface area (Å²) in [5, 5.41) is 5.01. The standard InChI is InChI=1S/C15H14ClN3O/c1-2-20-15-5-3-4-14(19-15)18-13-9-10(16)8-12-11(13)6-7-17-12/h3-9,17H,2H2,1H3,(H,18,19). The molecule has 0 radical (unpaired) electrons. The summed E-state index contributed by atoms with van der Waals surface area (Å²) in [6, 6.07) is 11.4. The maximum atomic E-state index is 6.12. The highest BCUT2D eigenvalue weighted by Gasteiger charge is 2.06. The lowest BCUT2D eigenvalue weighted by Gasteiger charge is -2.09. The van der Waals surface area contributed by atoms with Crippen molar-refractivity contribution in [1.82, 2.24) is 9.97 Å². The SMILES string of the molecule is CCOc1cccc(Nc2cc(Cl)cc3[nH]ccc23)n1. The minimum Gasteiger partial charge on any atom is -0.478 e. The van der Waals surface area contributed by atoms with Gasteiger partial charge in [0.05, 0.1) is 12.3 Å². The average molecular weight is 288 g/mol. The molecule has 0 aliphatic heterocycles. The minimum absolute atomic E-state index is 0.593. The Hall–Kier alpha value is -2.20. The van der Waals surface area contributed by atoms with E-state index in [1.807, 2.05) is 49.5 Å². The first-order chi connectivity index (χ1) is 9.76. The maximum Gasteiger partial charge on any atom is 0.215 e. The molecule has 0 amide bonds. The van der Waals surface area contributed by atoms with Crippen LogP contribution in [0.2, 0.25) is 5.02 Å². The van der Waals surface area contributed by atoms with Crippen molar-refractivity contribution in [2.24, 2.45) is 0 Å². The number of aromatic amines is 1. The van der Waals surface area contributed by atoms with Gasteiger partial charge in [-0.15, -0.1) is 0 Å². The predicted octanol–water partition coefficient (Wildman–Crippen LogP) is 4.36. The molecular formula is C15H14ClN3O. The summed E-state index contributed by atoms with van der Waals surface area (Å²) in [5.74, 6) is 1.32. The minimum atomic E-state index is 0.593. The second-order valence-corrected chi connectivity index (χ2v) is 4.75. The number of ether oxygens (including phenoxy) is 1. The largest absolute Gasteiger partial charge is 0.478 e. The zero-order valence-corrected chi connectivity index (χ0v) is 11.7. The lowest BCUT2D eigenvalue weighted by atomic mass is 10.2. The number of H-pyrrole nitrogens is 1. The van der Waals surface area contributed by atoms with Crippen LogP contribution in [-0.2, 0) is 0 Å². The summed E-state index contributed by atoms with van der Waals surface area (Å²) >= 11 is 6.12. The highest BCUT2D eigenvalue weighted by molar-refractivity contribution is 6.31. The van der Waals surface area contributed by atoms with Crippen LogP contribution in [0, 0.1) is 0 Å². The Morgan fingerprint density at radius 3 is 3.05 bits per heavy atom. The maximum absolute atomic E-state index is 6.12. The monoisotopic (exact) mass is 287 g/mol. The molecule has 102 valence electrons. The molecule has 0 saturated carbocycles. The van der Waals surface area contributed by atoms with Crippen LogP contribution < -0.4 is 10.1 Å². The summed E-state index contributed by atoms with van der Waals surface area (Å²) in [6.45, 7) is 2.53. The number of benzene rings is 1. The van der Waals surface area contributed by atoms with Crippen molar-refractivity contribution in [3.8, 4) is 5.88 Å². The molecule has 0 atom stereocenters. The van der Waals surface area contributed by atoms with Gasteiger partial charge in [-0.3, -0.25) is 0 Å². The van der Waals surface area contributed by atoms with Crippen molar-refractivity contribution in [3.05, 3.63) is 47.6 Å². The molecule has 0 unspecified atom stereocenters. The van der Waals surface area contributed by atoms with Gasteiger partial charge in [0.2, 0.25) is 5.88 Å². The van der Waals surface area contributed by atoms with Crippen molar-refractivity contribution in [1.29, 1.82) is 0 Å². The third-order valence-electron chi connectivity index (χ3n) is 2.91. The van der Waals surface area contributed by atoms with Crippen LogP contribution in [0.1, 0.15) is 6.92 Å². The van der Waals surface area contributed by atoms with E-state index < -0.39 is 0 Å². The molecule has 0 bridgehead atoms. The molecular weight excluding hydrogens is 274 g/mol. The fraction of sp³-hybridized carbons (Fsp3) is 0.133. The Kier molecular flexibility index (Phi) is 3.48. The number of hydrogen-bond acceptors (Lipinski definition) is 3. The molecule has 3 aromatic rings. The lowest BCUT2D eigenvalue weighted by Crippen LogP contribution is -1.98. The first-order valence-corrected chi connectivity index (χ1v) is 6.77. The summed E-state index contributed by atoms with van der Waals surface area (Å²) < 4.78 is 5.40. The van der Waals surface area contributed by atoms with Gasteiger partial charge >= 0.3 is 0 Å². The predicted molar refractivity (Wildman–Crippen MR) is 82.0 cm³/mol. The number of nitrogens with zero attached hydrogens (tertiary/aromatic N) is 1. The van der Waals surface area contributed by atoms with Crippen LogP contribution in [0.4, 0.5) is 11.5 Å². The fourth-order valence-corrected chi connectivity index (χ4v) is 2.30. The van der Waals surface area contributed by atoms with Crippen molar-refractivity contribution < 1.29 is 4.74 Å². The summed E-state index contributed by atoms with van der Waals surface area (Å²) in [4.78, 5) is 7.54. The molecule has 0 aliphatic carbocycles. The molecule has 2 aromatic heterocycles. The van der Waals surface area contributed by atoms with Gasteiger partial charge in [-0.05, 0) is 31.2 Å². The Bertz CT molecular complexity index is 739. The number of hydrogen-bond donors (Lipinski definition) is 2. The van der Waals surface area contributed by atoms with E-state index in [9.17, 15) is 0 Å². The Morgan fingerprint density at radius 1 is 1.30 bits per heavy atom. The third-order valence-corrected chi connectivity index (χ3v) is 3.13. The van der Waals surface area contributed by atoms with Gasteiger partial charge in [0.25, 0.3) is 0 Å². The van der Waals surface area contributed by atoms with Gasteiger partial charge in [0, 0.05) is 28.2 Å². The van der Waals surface area contributed by atoms with Crippen molar-refractivity contribution in [2.45, 2.75) is 6.92 Å². The molecule has 4 nitrogen and oxygen atoms in total. The highest BCUT2D eigenvalue weighted by atomic mass is 35.5. The number of fused-ring (bicyclic) bond motifs is 1. The molecule has 5 heteroatoms. The number of halogens is 1. The van der Waals surface area contributed by atoms with E-state index in [1.165, 1.54) is 0 Å². The van der Waals surface area contributed by atoms with E-state index in [1.54, 1.807) is 0 Å². The molecule has 3 rings (SSSR count). The van der Waals surface area contributed by atoms with Crippen LogP contribution in [0.5, 0.6) is 5.88 Å². The first kappa shape index (κ1) is 12.8. The molecule has 0 spiro atoms. The van der Waals surface area contributed by atoms with Crippen molar-refractivity contribution in [3.63, 3.8) is 0 Å². The number of pyridine rings is 1. The van der Waals surface area contributed by atoms with Gasteiger partial charge in [-0.2, -0.15) is 4.98 Å².